The second-order valence-corrected chi connectivity index (χ2v) is 12.6. The summed E-state index contributed by atoms with van der Waals surface area (Å²) in [7, 11) is 4.96. The third-order valence-electron chi connectivity index (χ3n) is 8.85. The number of amides is 6. The fourth-order valence-corrected chi connectivity index (χ4v) is 5.39. The molecule has 0 aromatic heterocycles. The zero-order valence-electron chi connectivity index (χ0n) is 29.8. The first-order valence-electron chi connectivity index (χ1n) is 17.5. The molecule has 0 aliphatic carbocycles. The predicted molar refractivity (Wildman–Crippen MR) is 185 cm³/mol. The minimum atomic E-state index is -0.359. The van der Waals surface area contributed by atoms with Gasteiger partial charge in [0.05, 0.1) is 13.0 Å². The molecule has 12 nitrogen and oxygen atoms in total. The average molecular weight is 672 g/mol. The lowest BCUT2D eigenvalue weighted by Crippen LogP contribution is -2.48. The van der Waals surface area contributed by atoms with Gasteiger partial charge in [-0.1, -0.05) is 51.7 Å². The molecule has 1 aliphatic rings. The van der Waals surface area contributed by atoms with Crippen LogP contribution in [-0.4, -0.2) is 111 Å². The molecule has 1 fully saturated rings. The summed E-state index contributed by atoms with van der Waals surface area (Å²) < 4.78 is 5.65. The first-order chi connectivity index (χ1) is 23.0. The highest BCUT2D eigenvalue weighted by Gasteiger charge is 2.29. The topological polar surface area (TPSA) is 137 Å². The number of imide groups is 1. The molecule has 1 heterocycles. The lowest BCUT2D eigenvalue weighted by atomic mass is 9.90. The lowest BCUT2D eigenvalue weighted by molar-refractivity contribution is -0.152. The number of unbranched alkanes of at least 4 members (excludes halogenated alkanes) is 3. The molecule has 1 unspecified atom stereocenters. The standard InChI is InChI=1S/C36H57N5O7/c1-6-8-9-13-29(31(42)7-2)14-10-11-20-37-36(47)39(4)21-12-24-48-25-23-38(3)33(44)27-34(45)40(5)30-17-15-28(16-18-30)26-35(46)41-22-19-32(41)43/h15-18,29H,6-14,19-27H2,1-5H3,(H,37,47). The molecule has 0 spiro atoms. The van der Waals surface area contributed by atoms with Gasteiger partial charge in [0.25, 0.3) is 0 Å². The minimum Gasteiger partial charge on any atom is -0.380 e. The van der Waals surface area contributed by atoms with E-state index in [4.69, 9.17) is 4.74 Å². The molecular weight excluding hydrogens is 614 g/mol. The molecule has 2 rings (SSSR count). The number of benzene rings is 1. The molecule has 268 valence electrons. The summed E-state index contributed by atoms with van der Waals surface area (Å²) >= 11 is 0. The van der Waals surface area contributed by atoms with E-state index in [0.717, 1.165) is 50.5 Å². The van der Waals surface area contributed by atoms with E-state index in [1.165, 1.54) is 14.7 Å². The number of β-lactam (4-membered cyclic amide) rings is 1. The van der Waals surface area contributed by atoms with Crippen molar-refractivity contribution in [2.45, 2.75) is 90.9 Å². The molecule has 1 atom stereocenters. The molecule has 1 saturated heterocycles. The number of carbonyl (C=O) groups excluding carboxylic acids is 6. The highest BCUT2D eigenvalue weighted by atomic mass is 16.5. The summed E-state index contributed by atoms with van der Waals surface area (Å²) in [5.74, 6) is -0.572. The Hall–Kier alpha value is -3.80. The van der Waals surface area contributed by atoms with Gasteiger partial charge in [-0.3, -0.25) is 28.9 Å². The van der Waals surface area contributed by atoms with Crippen LogP contribution >= 0.6 is 0 Å². The SMILES string of the molecule is CCCCCC(CCCCNC(=O)N(C)CCCOCCN(C)C(=O)CC(=O)N(C)c1ccc(CC(=O)N2CCC2=O)cc1)C(=O)CC. The Morgan fingerprint density at radius 3 is 2.15 bits per heavy atom. The number of likely N-dealkylation sites (tertiary alicyclic amines) is 1. The first-order valence-corrected chi connectivity index (χ1v) is 17.5. The highest BCUT2D eigenvalue weighted by molar-refractivity contribution is 6.04. The van der Waals surface area contributed by atoms with Crippen molar-refractivity contribution in [2.24, 2.45) is 5.92 Å². The highest BCUT2D eigenvalue weighted by Crippen LogP contribution is 2.20. The number of ketones is 1. The number of likely N-dealkylation sites (N-methyl/N-ethyl adjacent to an activating group) is 1. The number of nitrogens with zero attached hydrogens (tertiary/aromatic N) is 4. The molecule has 0 saturated carbocycles. The number of nitrogens with one attached hydrogen (secondary N) is 1. The average Bonchev–Trinajstić information content (AvgIpc) is 3.07. The number of anilines is 1. The maximum Gasteiger partial charge on any atom is 0.317 e. The van der Waals surface area contributed by atoms with E-state index in [1.807, 2.05) is 6.92 Å². The number of hydrogen-bond acceptors (Lipinski definition) is 7. The number of hydrogen-bond donors (Lipinski definition) is 1. The van der Waals surface area contributed by atoms with E-state index in [0.29, 0.717) is 70.1 Å². The summed E-state index contributed by atoms with van der Waals surface area (Å²) in [6.07, 6.45) is 8.50. The Labute approximate surface area is 286 Å². The van der Waals surface area contributed by atoms with Crippen LogP contribution in [0.1, 0.15) is 90.0 Å². The fourth-order valence-electron chi connectivity index (χ4n) is 5.39. The van der Waals surface area contributed by atoms with Gasteiger partial charge in [0, 0.05) is 78.4 Å². The number of rotatable bonds is 23. The van der Waals surface area contributed by atoms with Crippen molar-refractivity contribution in [3.05, 3.63) is 29.8 Å². The van der Waals surface area contributed by atoms with E-state index < -0.39 is 0 Å². The van der Waals surface area contributed by atoms with Crippen LogP contribution in [-0.2, 0) is 35.1 Å². The van der Waals surface area contributed by atoms with Crippen LogP contribution in [0, 0.1) is 5.92 Å². The van der Waals surface area contributed by atoms with E-state index in [2.05, 4.69) is 12.2 Å². The molecule has 0 bridgehead atoms. The van der Waals surface area contributed by atoms with Crippen LogP contribution in [0.25, 0.3) is 0 Å². The zero-order valence-corrected chi connectivity index (χ0v) is 29.8. The van der Waals surface area contributed by atoms with Gasteiger partial charge in [0.2, 0.25) is 23.6 Å². The van der Waals surface area contributed by atoms with Crippen LogP contribution in [0.2, 0.25) is 0 Å². The number of carbonyl (C=O) groups is 6. The molecule has 1 aromatic rings. The third kappa shape index (κ3) is 14.1. The van der Waals surface area contributed by atoms with E-state index in [-0.39, 0.29) is 48.4 Å². The monoisotopic (exact) mass is 671 g/mol. The summed E-state index contributed by atoms with van der Waals surface area (Å²) in [5, 5.41) is 2.95. The van der Waals surface area contributed by atoms with E-state index >= 15 is 0 Å². The van der Waals surface area contributed by atoms with Crippen molar-refractivity contribution in [3.63, 3.8) is 0 Å². The summed E-state index contributed by atoms with van der Waals surface area (Å²) in [6, 6.07) is 6.77. The zero-order chi connectivity index (χ0) is 35.5. The van der Waals surface area contributed by atoms with Gasteiger partial charge >= 0.3 is 6.03 Å². The number of urea groups is 1. The van der Waals surface area contributed by atoms with Crippen LogP contribution in [0.3, 0.4) is 0 Å². The summed E-state index contributed by atoms with van der Waals surface area (Å²) in [6.45, 7) is 6.74. The molecule has 1 aromatic carbocycles. The smallest absolute Gasteiger partial charge is 0.317 e. The molecule has 6 amide bonds. The van der Waals surface area contributed by atoms with Crippen molar-refractivity contribution in [1.29, 1.82) is 0 Å². The normalized spacial score (nSPS) is 13.0. The van der Waals surface area contributed by atoms with Gasteiger partial charge in [0.1, 0.15) is 12.2 Å². The van der Waals surface area contributed by atoms with Crippen LogP contribution in [0.5, 0.6) is 0 Å². The Kier molecular flexibility index (Phi) is 18.5. The van der Waals surface area contributed by atoms with Crippen molar-refractivity contribution in [3.8, 4) is 0 Å². The van der Waals surface area contributed by atoms with Gasteiger partial charge < -0.3 is 24.8 Å². The predicted octanol–water partition coefficient (Wildman–Crippen LogP) is 4.19. The largest absolute Gasteiger partial charge is 0.380 e. The third-order valence-corrected chi connectivity index (χ3v) is 8.85. The van der Waals surface area contributed by atoms with E-state index in [1.54, 1.807) is 50.3 Å². The van der Waals surface area contributed by atoms with Gasteiger partial charge in [-0.05, 0) is 43.4 Å². The molecule has 1 aliphatic heterocycles. The van der Waals surface area contributed by atoms with Crippen molar-refractivity contribution < 1.29 is 33.5 Å². The fraction of sp³-hybridized carbons (Fsp3) is 0.667. The maximum absolute atomic E-state index is 12.7. The molecule has 0 radical (unpaired) electrons. The number of Topliss-reactive ketones (excluding diaryl/α,β-unsaturated/α-hetero) is 1. The van der Waals surface area contributed by atoms with Crippen molar-refractivity contribution in [1.82, 2.24) is 20.0 Å². The minimum absolute atomic E-state index is 0.117. The van der Waals surface area contributed by atoms with Crippen molar-refractivity contribution >= 4 is 41.1 Å². The molecule has 1 N–H and O–H groups in total. The molecule has 48 heavy (non-hydrogen) atoms. The molecular formula is C36H57N5O7. The van der Waals surface area contributed by atoms with Gasteiger partial charge in [-0.15, -0.1) is 0 Å². The Morgan fingerprint density at radius 1 is 0.854 bits per heavy atom. The van der Waals surface area contributed by atoms with Crippen LogP contribution in [0.4, 0.5) is 10.5 Å². The summed E-state index contributed by atoms with van der Waals surface area (Å²) in [5.41, 5.74) is 1.34. The Balaban J connectivity index is 1.56. The second kappa shape index (κ2) is 22.0. The Bertz CT molecular complexity index is 1210. The Morgan fingerprint density at radius 2 is 1.54 bits per heavy atom. The van der Waals surface area contributed by atoms with Gasteiger partial charge in [0.15, 0.2) is 0 Å². The lowest BCUT2D eigenvalue weighted by Gasteiger charge is -2.28. The number of ether oxygens (including phenoxy) is 1. The van der Waals surface area contributed by atoms with Gasteiger partial charge in [-0.2, -0.15) is 0 Å². The summed E-state index contributed by atoms with van der Waals surface area (Å²) in [4.78, 5) is 79.3. The maximum atomic E-state index is 12.7. The van der Waals surface area contributed by atoms with Crippen molar-refractivity contribution in [2.75, 3.05) is 65.4 Å². The molecule has 12 heteroatoms. The quantitative estimate of drug-likeness (QED) is 0.105. The van der Waals surface area contributed by atoms with Crippen LogP contribution < -0.4 is 10.2 Å². The van der Waals surface area contributed by atoms with Crippen LogP contribution in [0.15, 0.2) is 24.3 Å². The van der Waals surface area contributed by atoms with Gasteiger partial charge in [-0.25, -0.2) is 4.79 Å². The first kappa shape index (κ1) is 40.4. The second-order valence-electron chi connectivity index (χ2n) is 12.6. The van der Waals surface area contributed by atoms with E-state index in [9.17, 15) is 28.8 Å².